The Labute approximate surface area is 114 Å². The summed E-state index contributed by atoms with van der Waals surface area (Å²) in [4.78, 5) is 2.44. The Kier molecular flexibility index (Phi) is 4.44. The number of nitrogens with zero attached hydrogens (tertiary/aromatic N) is 1. The summed E-state index contributed by atoms with van der Waals surface area (Å²) in [6.45, 7) is 2.76. The van der Waals surface area contributed by atoms with Crippen molar-refractivity contribution in [3.05, 3.63) is 24.3 Å². The van der Waals surface area contributed by atoms with Gasteiger partial charge in [0.2, 0.25) is 10.0 Å². The van der Waals surface area contributed by atoms with Crippen LogP contribution in [0.3, 0.4) is 0 Å². The van der Waals surface area contributed by atoms with Crippen molar-refractivity contribution in [3.8, 4) is 0 Å². The van der Waals surface area contributed by atoms with E-state index in [1.165, 1.54) is 0 Å². The minimum absolute atomic E-state index is 0.161. The van der Waals surface area contributed by atoms with E-state index in [0.29, 0.717) is 0 Å². The van der Waals surface area contributed by atoms with E-state index >= 15 is 0 Å². The van der Waals surface area contributed by atoms with Gasteiger partial charge in [-0.05, 0) is 56.0 Å². The molecular weight excluding hydrogens is 262 g/mol. The lowest BCUT2D eigenvalue weighted by atomic mass is 9.93. The number of piperidine rings is 1. The van der Waals surface area contributed by atoms with Gasteiger partial charge in [0.25, 0.3) is 0 Å². The molecule has 0 aromatic heterocycles. The van der Waals surface area contributed by atoms with Crippen molar-refractivity contribution in [2.45, 2.75) is 24.2 Å². The number of benzene rings is 1. The minimum atomic E-state index is -3.60. The van der Waals surface area contributed by atoms with Crippen molar-refractivity contribution in [3.63, 3.8) is 0 Å². The lowest BCUT2D eigenvalue weighted by Crippen LogP contribution is -2.34. The standard InChI is InChI=1S/C13H21N3O2S/c14-8-5-11-6-9-16(10-7-11)12-1-3-13(4-2-12)19(15,17)18/h1-4,11H,5-10,14H2,(H2,15,17,18). The van der Waals surface area contributed by atoms with Gasteiger partial charge in [-0.25, -0.2) is 13.6 Å². The molecule has 0 radical (unpaired) electrons. The number of primary sulfonamides is 1. The van der Waals surface area contributed by atoms with Gasteiger partial charge in [-0.15, -0.1) is 0 Å². The van der Waals surface area contributed by atoms with Crippen LogP contribution in [-0.2, 0) is 10.0 Å². The van der Waals surface area contributed by atoms with Crippen LogP contribution in [0.4, 0.5) is 5.69 Å². The molecule has 0 saturated carbocycles. The van der Waals surface area contributed by atoms with E-state index in [4.69, 9.17) is 10.9 Å². The largest absolute Gasteiger partial charge is 0.372 e. The molecule has 4 N–H and O–H groups in total. The molecule has 1 aliphatic heterocycles. The SMILES string of the molecule is NCCC1CCN(c2ccc(S(N)(=O)=O)cc2)CC1. The Morgan fingerprint density at radius 3 is 2.21 bits per heavy atom. The molecule has 1 saturated heterocycles. The van der Waals surface area contributed by atoms with Gasteiger partial charge in [0.05, 0.1) is 4.90 Å². The van der Waals surface area contributed by atoms with E-state index in [1.807, 2.05) is 12.1 Å². The Morgan fingerprint density at radius 2 is 1.74 bits per heavy atom. The Bertz CT molecular complexity index is 505. The third-order valence-corrected chi connectivity index (χ3v) is 4.65. The molecule has 19 heavy (non-hydrogen) atoms. The summed E-state index contributed by atoms with van der Waals surface area (Å²) in [7, 11) is -3.60. The van der Waals surface area contributed by atoms with Gasteiger partial charge in [0.1, 0.15) is 0 Å². The Hall–Kier alpha value is -1.11. The lowest BCUT2D eigenvalue weighted by molar-refractivity contribution is 0.386. The topological polar surface area (TPSA) is 89.4 Å². The van der Waals surface area contributed by atoms with Crippen LogP contribution in [0.25, 0.3) is 0 Å². The van der Waals surface area contributed by atoms with Crippen LogP contribution in [0.15, 0.2) is 29.2 Å². The molecule has 2 rings (SSSR count). The molecule has 0 spiro atoms. The van der Waals surface area contributed by atoms with Gasteiger partial charge in [0.15, 0.2) is 0 Å². The molecule has 0 aliphatic carbocycles. The van der Waals surface area contributed by atoms with Gasteiger partial charge in [-0.2, -0.15) is 0 Å². The normalized spacial score (nSPS) is 17.7. The first-order valence-electron chi connectivity index (χ1n) is 6.58. The third-order valence-electron chi connectivity index (χ3n) is 3.72. The average Bonchev–Trinajstić information content (AvgIpc) is 2.39. The molecule has 1 heterocycles. The van der Waals surface area contributed by atoms with Gasteiger partial charge < -0.3 is 10.6 Å². The van der Waals surface area contributed by atoms with E-state index in [0.717, 1.165) is 50.5 Å². The van der Waals surface area contributed by atoms with Gasteiger partial charge in [0, 0.05) is 18.8 Å². The van der Waals surface area contributed by atoms with Crippen molar-refractivity contribution in [2.24, 2.45) is 16.8 Å². The summed E-state index contributed by atoms with van der Waals surface area (Å²) >= 11 is 0. The first-order chi connectivity index (χ1) is 9.00. The van der Waals surface area contributed by atoms with Gasteiger partial charge >= 0.3 is 0 Å². The molecule has 0 amide bonds. The number of nitrogens with two attached hydrogens (primary N) is 2. The predicted octanol–water partition coefficient (Wildman–Crippen LogP) is 0.899. The second kappa shape index (κ2) is 5.90. The monoisotopic (exact) mass is 283 g/mol. The van der Waals surface area contributed by atoms with E-state index in [-0.39, 0.29) is 4.90 Å². The predicted molar refractivity (Wildman–Crippen MR) is 76.4 cm³/mol. The number of anilines is 1. The number of hydrogen-bond donors (Lipinski definition) is 2. The molecule has 106 valence electrons. The molecular formula is C13H21N3O2S. The second-order valence-electron chi connectivity index (χ2n) is 5.05. The second-order valence-corrected chi connectivity index (χ2v) is 6.61. The minimum Gasteiger partial charge on any atom is -0.372 e. The first-order valence-corrected chi connectivity index (χ1v) is 8.13. The van der Waals surface area contributed by atoms with Gasteiger partial charge in [-0.1, -0.05) is 0 Å². The van der Waals surface area contributed by atoms with Crippen LogP contribution in [-0.4, -0.2) is 28.1 Å². The molecule has 1 aromatic rings. The molecule has 1 aliphatic rings. The molecule has 0 bridgehead atoms. The van der Waals surface area contributed by atoms with Crippen molar-refractivity contribution >= 4 is 15.7 Å². The zero-order chi connectivity index (χ0) is 13.9. The smallest absolute Gasteiger partial charge is 0.238 e. The molecule has 0 unspecified atom stereocenters. The molecule has 6 heteroatoms. The van der Waals surface area contributed by atoms with Crippen molar-refractivity contribution < 1.29 is 8.42 Å². The van der Waals surface area contributed by atoms with Crippen molar-refractivity contribution in [2.75, 3.05) is 24.5 Å². The fraction of sp³-hybridized carbons (Fsp3) is 0.538. The highest BCUT2D eigenvalue weighted by atomic mass is 32.2. The van der Waals surface area contributed by atoms with Crippen LogP contribution in [0, 0.1) is 5.92 Å². The van der Waals surface area contributed by atoms with E-state index < -0.39 is 10.0 Å². The van der Waals surface area contributed by atoms with Crippen LogP contribution in [0.2, 0.25) is 0 Å². The summed E-state index contributed by atoms with van der Waals surface area (Å²) in [5, 5.41) is 5.08. The Morgan fingerprint density at radius 1 is 1.16 bits per heavy atom. The quantitative estimate of drug-likeness (QED) is 0.859. The van der Waals surface area contributed by atoms with Crippen LogP contribution in [0.1, 0.15) is 19.3 Å². The number of sulfonamides is 1. The fourth-order valence-corrected chi connectivity index (χ4v) is 3.08. The maximum Gasteiger partial charge on any atom is 0.238 e. The fourth-order valence-electron chi connectivity index (χ4n) is 2.56. The highest BCUT2D eigenvalue weighted by molar-refractivity contribution is 7.89. The molecule has 1 aromatic carbocycles. The zero-order valence-electron chi connectivity index (χ0n) is 11.0. The molecule has 0 atom stereocenters. The van der Waals surface area contributed by atoms with Crippen LogP contribution in [0.5, 0.6) is 0 Å². The molecule has 5 nitrogen and oxygen atoms in total. The van der Waals surface area contributed by atoms with E-state index in [9.17, 15) is 8.42 Å². The van der Waals surface area contributed by atoms with Crippen molar-refractivity contribution in [1.82, 2.24) is 0 Å². The third kappa shape index (κ3) is 3.68. The summed E-state index contributed by atoms with van der Waals surface area (Å²) in [6, 6.07) is 6.78. The van der Waals surface area contributed by atoms with Gasteiger partial charge in [-0.3, -0.25) is 0 Å². The van der Waals surface area contributed by atoms with Crippen molar-refractivity contribution in [1.29, 1.82) is 0 Å². The van der Waals surface area contributed by atoms with E-state index in [2.05, 4.69) is 4.90 Å². The summed E-state index contributed by atoms with van der Waals surface area (Å²) in [5.74, 6) is 0.727. The summed E-state index contributed by atoms with van der Waals surface area (Å²) < 4.78 is 22.4. The van der Waals surface area contributed by atoms with Crippen LogP contribution >= 0.6 is 0 Å². The molecule has 1 fully saturated rings. The summed E-state index contributed by atoms with van der Waals surface area (Å²) in [5.41, 5.74) is 6.63. The average molecular weight is 283 g/mol. The highest BCUT2D eigenvalue weighted by Crippen LogP contribution is 2.25. The number of rotatable bonds is 4. The maximum atomic E-state index is 11.2. The maximum absolute atomic E-state index is 11.2. The highest BCUT2D eigenvalue weighted by Gasteiger charge is 2.19. The van der Waals surface area contributed by atoms with E-state index in [1.54, 1.807) is 12.1 Å². The number of hydrogen-bond acceptors (Lipinski definition) is 4. The lowest BCUT2D eigenvalue weighted by Gasteiger charge is -2.33. The zero-order valence-corrected chi connectivity index (χ0v) is 11.8. The summed E-state index contributed by atoms with van der Waals surface area (Å²) in [6.07, 6.45) is 3.39. The Balaban J connectivity index is 2.00. The van der Waals surface area contributed by atoms with Crippen LogP contribution < -0.4 is 15.8 Å². The first kappa shape index (κ1) is 14.3.